The van der Waals surface area contributed by atoms with Crippen molar-refractivity contribution < 1.29 is 4.79 Å². The maximum absolute atomic E-state index is 11.7. The monoisotopic (exact) mass is 260 g/mol. The van der Waals surface area contributed by atoms with Gasteiger partial charge in [-0.15, -0.1) is 11.3 Å². The number of carbonyl (C=O) groups excluding carboxylic acids is 1. The van der Waals surface area contributed by atoms with Crippen LogP contribution in [0, 0.1) is 0 Å². The Morgan fingerprint density at radius 3 is 2.81 bits per heavy atom. The van der Waals surface area contributed by atoms with Crippen LogP contribution in [0.25, 0.3) is 0 Å². The summed E-state index contributed by atoms with van der Waals surface area (Å²) in [5.41, 5.74) is 5.72. The third-order valence-corrected chi connectivity index (χ3v) is 3.73. The van der Waals surface area contributed by atoms with Crippen LogP contribution in [0.2, 0.25) is 4.34 Å². The lowest BCUT2D eigenvalue weighted by atomic mass is 10.1. The van der Waals surface area contributed by atoms with Crippen molar-refractivity contribution in [1.82, 2.24) is 5.32 Å². The van der Waals surface area contributed by atoms with Crippen molar-refractivity contribution in [1.29, 1.82) is 0 Å². The van der Waals surface area contributed by atoms with Crippen LogP contribution in [0.1, 0.15) is 37.6 Å². The van der Waals surface area contributed by atoms with E-state index in [0.29, 0.717) is 6.42 Å². The molecule has 2 atom stereocenters. The fourth-order valence-electron chi connectivity index (χ4n) is 1.39. The molecule has 3 nitrogen and oxygen atoms in total. The zero-order chi connectivity index (χ0) is 12.1. The predicted molar refractivity (Wildman–Crippen MR) is 68.8 cm³/mol. The summed E-state index contributed by atoms with van der Waals surface area (Å²) in [6.45, 7) is 3.94. The first kappa shape index (κ1) is 13.5. The van der Waals surface area contributed by atoms with E-state index >= 15 is 0 Å². The summed E-state index contributed by atoms with van der Waals surface area (Å²) in [7, 11) is 0. The van der Waals surface area contributed by atoms with Gasteiger partial charge in [-0.1, -0.05) is 24.9 Å². The Bertz CT molecular complexity index is 354. The van der Waals surface area contributed by atoms with Gasteiger partial charge in [-0.3, -0.25) is 4.79 Å². The Labute approximate surface area is 105 Å². The average molecular weight is 261 g/mol. The summed E-state index contributed by atoms with van der Waals surface area (Å²) in [5, 5.41) is 2.88. The Morgan fingerprint density at radius 2 is 2.31 bits per heavy atom. The second-order valence-corrected chi connectivity index (χ2v) is 5.51. The lowest BCUT2D eigenvalue weighted by Gasteiger charge is -2.15. The van der Waals surface area contributed by atoms with Gasteiger partial charge in [0.2, 0.25) is 5.91 Å². The molecule has 0 aromatic carbocycles. The van der Waals surface area contributed by atoms with Crippen LogP contribution >= 0.6 is 22.9 Å². The standard InChI is InChI=1S/C11H17ClN2OS/c1-3-4-8(13)11(15)14-7(2)9-5-6-10(12)16-9/h5-8H,3-4,13H2,1-2H3,(H,14,15). The van der Waals surface area contributed by atoms with Crippen LogP contribution < -0.4 is 11.1 Å². The number of hydrogen-bond acceptors (Lipinski definition) is 3. The van der Waals surface area contributed by atoms with E-state index in [2.05, 4.69) is 5.32 Å². The van der Waals surface area contributed by atoms with Gasteiger partial charge in [0.05, 0.1) is 16.4 Å². The van der Waals surface area contributed by atoms with Crippen molar-refractivity contribution in [3.05, 3.63) is 21.3 Å². The van der Waals surface area contributed by atoms with Gasteiger partial charge in [-0.05, 0) is 25.5 Å². The largest absolute Gasteiger partial charge is 0.347 e. The van der Waals surface area contributed by atoms with Gasteiger partial charge in [0, 0.05) is 4.88 Å². The number of rotatable bonds is 5. The molecule has 0 saturated heterocycles. The van der Waals surface area contributed by atoms with Crippen LogP contribution in [0.15, 0.2) is 12.1 Å². The van der Waals surface area contributed by atoms with E-state index in [-0.39, 0.29) is 11.9 Å². The number of halogens is 1. The van der Waals surface area contributed by atoms with Gasteiger partial charge in [0.15, 0.2) is 0 Å². The molecule has 0 fully saturated rings. The first-order chi connectivity index (χ1) is 7.54. The Balaban J connectivity index is 2.51. The van der Waals surface area contributed by atoms with Crippen molar-refractivity contribution in [3.63, 3.8) is 0 Å². The molecule has 1 heterocycles. The fraction of sp³-hybridized carbons (Fsp3) is 0.545. The molecule has 0 aliphatic rings. The van der Waals surface area contributed by atoms with Crippen molar-refractivity contribution in [2.75, 3.05) is 0 Å². The molecule has 1 aromatic rings. The summed E-state index contributed by atoms with van der Waals surface area (Å²) in [6, 6.07) is 3.30. The zero-order valence-electron chi connectivity index (χ0n) is 9.50. The quantitative estimate of drug-likeness (QED) is 0.855. The minimum absolute atomic E-state index is 0.0343. The van der Waals surface area contributed by atoms with E-state index in [1.54, 1.807) is 0 Å². The molecular formula is C11H17ClN2OS. The molecule has 5 heteroatoms. The topological polar surface area (TPSA) is 55.1 Å². The second kappa shape index (κ2) is 6.23. The summed E-state index contributed by atoms with van der Waals surface area (Å²) < 4.78 is 0.731. The summed E-state index contributed by atoms with van der Waals surface area (Å²) in [4.78, 5) is 12.7. The number of amides is 1. The number of nitrogens with one attached hydrogen (secondary N) is 1. The maximum atomic E-state index is 11.7. The highest BCUT2D eigenvalue weighted by atomic mass is 35.5. The highest BCUT2D eigenvalue weighted by molar-refractivity contribution is 7.16. The van der Waals surface area contributed by atoms with E-state index in [1.165, 1.54) is 11.3 Å². The minimum atomic E-state index is -0.414. The number of hydrogen-bond donors (Lipinski definition) is 2. The molecule has 0 aliphatic heterocycles. The molecular weight excluding hydrogens is 244 g/mol. The average Bonchev–Trinajstić information content (AvgIpc) is 2.65. The summed E-state index contributed by atoms with van der Waals surface area (Å²) in [6.07, 6.45) is 1.62. The van der Waals surface area contributed by atoms with Gasteiger partial charge in [0.1, 0.15) is 0 Å². The molecule has 0 bridgehead atoms. The molecule has 0 radical (unpaired) electrons. The van der Waals surface area contributed by atoms with Crippen LogP contribution in [0.4, 0.5) is 0 Å². The molecule has 1 rings (SSSR count). The van der Waals surface area contributed by atoms with Crippen molar-refractivity contribution in [2.45, 2.75) is 38.8 Å². The van der Waals surface area contributed by atoms with Crippen molar-refractivity contribution in [3.8, 4) is 0 Å². The maximum Gasteiger partial charge on any atom is 0.237 e. The Kier molecular flexibility index (Phi) is 5.25. The highest BCUT2D eigenvalue weighted by Gasteiger charge is 2.16. The molecule has 0 saturated carbocycles. The van der Waals surface area contributed by atoms with E-state index < -0.39 is 6.04 Å². The van der Waals surface area contributed by atoms with E-state index in [9.17, 15) is 4.79 Å². The second-order valence-electron chi connectivity index (χ2n) is 3.77. The van der Waals surface area contributed by atoms with Crippen LogP contribution in [0.5, 0.6) is 0 Å². The lowest BCUT2D eigenvalue weighted by molar-refractivity contribution is -0.123. The first-order valence-corrected chi connectivity index (χ1v) is 6.55. The number of carbonyl (C=O) groups is 1. The molecule has 0 aliphatic carbocycles. The molecule has 2 unspecified atom stereocenters. The lowest BCUT2D eigenvalue weighted by Crippen LogP contribution is -2.41. The van der Waals surface area contributed by atoms with E-state index in [1.807, 2.05) is 26.0 Å². The Hall–Kier alpha value is -0.580. The van der Waals surface area contributed by atoms with Gasteiger partial charge >= 0.3 is 0 Å². The van der Waals surface area contributed by atoms with Gasteiger partial charge in [-0.2, -0.15) is 0 Å². The fourth-order valence-corrected chi connectivity index (χ4v) is 2.46. The van der Waals surface area contributed by atoms with Crippen LogP contribution in [0.3, 0.4) is 0 Å². The summed E-state index contributed by atoms with van der Waals surface area (Å²) >= 11 is 7.31. The van der Waals surface area contributed by atoms with E-state index in [4.69, 9.17) is 17.3 Å². The molecule has 1 aromatic heterocycles. The van der Waals surface area contributed by atoms with Crippen molar-refractivity contribution >= 4 is 28.8 Å². The number of nitrogens with two attached hydrogens (primary N) is 1. The number of thiophene rings is 1. The normalized spacial score (nSPS) is 14.5. The van der Waals surface area contributed by atoms with Crippen molar-refractivity contribution in [2.24, 2.45) is 5.73 Å². The van der Waals surface area contributed by atoms with Gasteiger partial charge in [0.25, 0.3) is 0 Å². The smallest absolute Gasteiger partial charge is 0.237 e. The third-order valence-electron chi connectivity index (χ3n) is 2.32. The van der Waals surface area contributed by atoms with E-state index in [0.717, 1.165) is 15.6 Å². The Morgan fingerprint density at radius 1 is 1.62 bits per heavy atom. The third kappa shape index (κ3) is 3.77. The van der Waals surface area contributed by atoms with Crippen LogP contribution in [-0.2, 0) is 4.79 Å². The predicted octanol–water partition coefficient (Wildman–Crippen LogP) is 2.71. The molecule has 16 heavy (non-hydrogen) atoms. The van der Waals surface area contributed by atoms with Gasteiger partial charge in [-0.25, -0.2) is 0 Å². The SMILES string of the molecule is CCCC(N)C(=O)NC(C)c1ccc(Cl)s1. The summed E-state index contributed by atoms with van der Waals surface area (Å²) in [5.74, 6) is -0.0983. The molecule has 0 spiro atoms. The van der Waals surface area contributed by atoms with Gasteiger partial charge < -0.3 is 11.1 Å². The first-order valence-electron chi connectivity index (χ1n) is 5.35. The molecule has 1 amide bonds. The highest BCUT2D eigenvalue weighted by Crippen LogP contribution is 2.26. The van der Waals surface area contributed by atoms with Crippen LogP contribution in [-0.4, -0.2) is 11.9 Å². The minimum Gasteiger partial charge on any atom is -0.347 e. The zero-order valence-corrected chi connectivity index (χ0v) is 11.1. The molecule has 3 N–H and O–H groups in total. The molecule has 90 valence electrons.